The zero-order valence-corrected chi connectivity index (χ0v) is 10.7. The lowest BCUT2D eigenvalue weighted by Crippen LogP contribution is -2.55. The number of carbonyl (C=O) groups is 1. The summed E-state index contributed by atoms with van der Waals surface area (Å²) in [5, 5.41) is 3.08. The van der Waals surface area contributed by atoms with Gasteiger partial charge in [0.15, 0.2) is 5.82 Å². The van der Waals surface area contributed by atoms with Crippen LogP contribution in [0.3, 0.4) is 0 Å². The first-order valence-corrected chi connectivity index (χ1v) is 6.30. The summed E-state index contributed by atoms with van der Waals surface area (Å²) in [4.78, 5) is 22.4. The van der Waals surface area contributed by atoms with Crippen molar-refractivity contribution < 1.29 is 9.53 Å². The summed E-state index contributed by atoms with van der Waals surface area (Å²) in [6, 6.07) is -0.318. The maximum Gasteiger partial charge on any atom is 0.249 e. The van der Waals surface area contributed by atoms with Crippen molar-refractivity contribution in [2.24, 2.45) is 0 Å². The van der Waals surface area contributed by atoms with E-state index in [2.05, 4.69) is 15.3 Å². The molecule has 6 nitrogen and oxygen atoms in total. The van der Waals surface area contributed by atoms with E-state index in [9.17, 15) is 4.79 Å². The van der Waals surface area contributed by atoms with Gasteiger partial charge in [-0.25, -0.2) is 4.98 Å². The number of fused-ring (bicyclic) bond motifs is 3. The number of nitrogens with one attached hydrogen (secondary N) is 1. The Bertz CT molecular complexity index is 508. The van der Waals surface area contributed by atoms with Crippen LogP contribution in [0.2, 0.25) is 5.28 Å². The summed E-state index contributed by atoms with van der Waals surface area (Å²) in [6.45, 7) is 3.58. The normalized spacial score (nSPS) is 22.2. The number of morpholine rings is 1. The Kier molecular flexibility index (Phi) is 2.83. The molecule has 1 fully saturated rings. The second kappa shape index (κ2) is 4.37. The van der Waals surface area contributed by atoms with Gasteiger partial charge in [-0.2, -0.15) is 4.98 Å². The van der Waals surface area contributed by atoms with Gasteiger partial charge in [0, 0.05) is 6.54 Å². The molecule has 1 aromatic rings. The third kappa shape index (κ3) is 1.72. The molecule has 0 spiro atoms. The fraction of sp³-hybridized carbons (Fsp3) is 0.545. The maximum absolute atomic E-state index is 12.0. The molecule has 1 atom stereocenters. The number of ether oxygens (including phenoxy) is 1. The van der Waals surface area contributed by atoms with Crippen molar-refractivity contribution in [3.63, 3.8) is 0 Å². The van der Waals surface area contributed by atoms with E-state index in [1.54, 1.807) is 0 Å². The number of anilines is 2. The molecule has 18 heavy (non-hydrogen) atoms. The molecule has 1 amide bonds. The second-order valence-corrected chi connectivity index (χ2v) is 4.60. The molecule has 3 rings (SSSR count). The van der Waals surface area contributed by atoms with Crippen LogP contribution in [0.1, 0.15) is 12.6 Å². The van der Waals surface area contributed by atoms with E-state index < -0.39 is 0 Å². The van der Waals surface area contributed by atoms with E-state index in [0.29, 0.717) is 37.7 Å². The Balaban J connectivity index is 2.12. The summed E-state index contributed by atoms with van der Waals surface area (Å²) < 4.78 is 5.33. The van der Waals surface area contributed by atoms with Crippen molar-refractivity contribution in [3.8, 4) is 0 Å². The van der Waals surface area contributed by atoms with Gasteiger partial charge >= 0.3 is 0 Å². The third-order valence-corrected chi connectivity index (χ3v) is 3.39. The minimum absolute atomic E-state index is 0.0668. The van der Waals surface area contributed by atoms with Gasteiger partial charge in [-0.15, -0.1) is 0 Å². The highest BCUT2D eigenvalue weighted by molar-refractivity contribution is 6.28. The molecule has 0 aliphatic carbocycles. The zero-order chi connectivity index (χ0) is 12.7. The second-order valence-electron chi connectivity index (χ2n) is 4.26. The highest BCUT2D eigenvalue weighted by Crippen LogP contribution is 2.34. The van der Waals surface area contributed by atoms with Crippen LogP contribution in [0.5, 0.6) is 0 Å². The van der Waals surface area contributed by atoms with Crippen LogP contribution in [-0.4, -0.2) is 41.7 Å². The highest BCUT2D eigenvalue weighted by atomic mass is 35.5. The van der Waals surface area contributed by atoms with Crippen LogP contribution in [-0.2, 0) is 16.0 Å². The smallest absolute Gasteiger partial charge is 0.249 e. The van der Waals surface area contributed by atoms with Gasteiger partial charge in [-0.1, -0.05) is 6.92 Å². The molecule has 0 bridgehead atoms. The molecule has 0 aromatic carbocycles. The number of aryl methyl sites for hydroxylation is 1. The largest absolute Gasteiger partial charge is 0.377 e. The van der Waals surface area contributed by atoms with Crippen molar-refractivity contribution in [1.29, 1.82) is 0 Å². The summed E-state index contributed by atoms with van der Waals surface area (Å²) in [7, 11) is 0. The Morgan fingerprint density at radius 1 is 1.56 bits per heavy atom. The number of hydrogen-bond donors (Lipinski definition) is 1. The van der Waals surface area contributed by atoms with Crippen LogP contribution >= 0.6 is 11.6 Å². The zero-order valence-electron chi connectivity index (χ0n) is 9.94. The molecule has 0 radical (unpaired) electrons. The first-order valence-electron chi connectivity index (χ1n) is 5.92. The maximum atomic E-state index is 12.0. The average molecular weight is 269 g/mol. The number of carbonyl (C=O) groups excluding carboxylic acids is 1. The van der Waals surface area contributed by atoms with E-state index in [1.165, 1.54) is 0 Å². The van der Waals surface area contributed by atoms with Crippen LogP contribution in [0.15, 0.2) is 0 Å². The first-order chi connectivity index (χ1) is 8.70. The van der Waals surface area contributed by atoms with Crippen molar-refractivity contribution in [2.45, 2.75) is 19.4 Å². The van der Waals surface area contributed by atoms with Crippen molar-refractivity contribution in [3.05, 3.63) is 11.0 Å². The van der Waals surface area contributed by atoms with Crippen LogP contribution in [0.25, 0.3) is 0 Å². The molecule has 0 saturated carbocycles. The Labute approximate surface area is 109 Å². The first kappa shape index (κ1) is 11.7. The molecule has 1 N–H and O–H groups in total. The molecular weight excluding hydrogens is 256 g/mol. The Hall–Kier alpha value is -1.40. The number of halogens is 1. The molecule has 2 aliphatic rings. The van der Waals surface area contributed by atoms with Crippen molar-refractivity contribution in [1.82, 2.24) is 9.97 Å². The summed E-state index contributed by atoms with van der Waals surface area (Å²) >= 11 is 5.94. The topological polar surface area (TPSA) is 67.3 Å². The SMILES string of the molecule is CCc1nc(Cl)nc2c1NC(=O)C1COCCN21. The third-order valence-electron chi connectivity index (χ3n) is 3.22. The highest BCUT2D eigenvalue weighted by Gasteiger charge is 2.37. The summed E-state index contributed by atoms with van der Waals surface area (Å²) in [5.41, 5.74) is 1.45. The van der Waals surface area contributed by atoms with Gasteiger partial charge < -0.3 is 15.0 Å². The molecule has 2 aliphatic heterocycles. The van der Waals surface area contributed by atoms with Crippen LogP contribution in [0.4, 0.5) is 11.5 Å². The fourth-order valence-electron chi connectivity index (χ4n) is 2.34. The molecule has 1 aromatic heterocycles. The fourth-order valence-corrected chi connectivity index (χ4v) is 2.52. The lowest BCUT2D eigenvalue weighted by atomic mass is 10.1. The van der Waals surface area contributed by atoms with Gasteiger partial charge in [0.2, 0.25) is 11.2 Å². The summed E-state index contributed by atoms with van der Waals surface area (Å²) in [5.74, 6) is 0.641. The van der Waals surface area contributed by atoms with E-state index in [-0.39, 0.29) is 17.2 Å². The number of amides is 1. The van der Waals surface area contributed by atoms with E-state index in [4.69, 9.17) is 16.3 Å². The molecule has 1 saturated heterocycles. The Morgan fingerprint density at radius 2 is 2.39 bits per heavy atom. The number of nitrogens with zero attached hydrogens (tertiary/aromatic N) is 3. The number of hydrogen-bond acceptors (Lipinski definition) is 5. The number of rotatable bonds is 1. The van der Waals surface area contributed by atoms with E-state index >= 15 is 0 Å². The monoisotopic (exact) mass is 268 g/mol. The standard InChI is InChI=1S/C11H13ClN4O2/c1-2-6-8-9(15-11(12)13-6)16-3-4-18-5-7(16)10(17)14-8/h7H,2-5H2,1H3,(H,14,17). The van der Waals surface area contributed by atoms with Gasteiger partial charge in [0.25, 0.3) is 0 Å². The predicted molar refractivity (Wildman–Crippen MR) is 67.0 cm³/mol. The van der Waals surface area contributed by atoms with E-state index in [1.807, 2.05) is 11.8 Å². The minimum Gasteiger partial charge on any atom is -0.377 e. The molecule has 3 heterocycles. The van der Waals surface area contributed by atoms with Crippen molar-refractivity contribution in [2.75, 3.05) is 30.0 Å². The molecule has 7 heteroatoms. The van der Waals surface area contributed by atoms with Gasteiger partial charge in [-0.3, -0.25) is 4.79 Å². The number of aromatic nitrogens is 2. The van der Waals surface area contributed by atoms with Gasteiger partial charge in [-0.05, 0) is 18.0 Å². The lowest BCUT2D eigenvalue weighted by Gasteiger charge is -2.40. The van der Waals surface area contributed by atoms with Gasteiger partial charge in [0.1, 0.15) is 11.7 Å². The quantitative estimate of drug-likeness (QED) is 0.765. The predicted octanol–water partition coefficient (Wildman–Crippen LogP) is 0.850. The van der Waals surface area contributed by atoms with E-state index in [0.717, 1.165) is 5.69 Å². The molecule has 1 unspecified atom stereocenters. The molecule has 96 valence electrons. The van der Waals surface area contributed by atoms with Crippen LogP contribution < -0.4 is 10.2 Å². The molecular formula is C11H13ClN4O2. The minimum atomic E-state index is -0.318. The average Bonchev–Trinajstić information content (AvgIpc) is 2.39. The Morgan fingerprint density at radius 3 is 3.17 bits per heavy atom. The van der Waals surface area contributed by atoms with Gasteiger partial charge in [0.05, 0.1) is 18.9 Å². The van der Waals surface area contributed by atoms with Crippen molar-refractivity contribution >= 4 is 29.0 Å². The summed E-state index contributed by atoms with van der Waals surface area (Å²) in [6.07, 6.45) is 0.694. The van der Waals surface area contributed by atoms with Crippen LogP contribution in [0, 0.1) is 0 Å². The lowest BCUT2D eigenvalue weighted by molar-refractivity contribution is -0.120.